The zero-order valence-electron chi connectivity index (χ0n) is 15.6. The van der Waals surface area contributed by atoms with Gasteiger partial charge in [-0.2, -0.15) is 0 Å². The monoisotopic (exact) mass is 364 g/mol. The lowest BCUT2D eigenvalue weighted by Crippen LogP contribution is -2.25. The van der Waals surface area contributed by atoms with Gasteiger partial charge in [0.15, 0.2) is 11.5 Å². The second-order valence-electron chi connectivity index (χ2n) is 6.04. The minimum Gasteiger partial charge on any atom is -0.493 e. The highest BCUT2D eigenvalue weighted by Crippen LogP contribution is 2.28. The van der Waals surface area contributed by atoms with Gasteiger partial charge >= 0.3 is 0 Å². The van der Waals surface area contributed by atoms with E-state index in [0.717, 1.165) is 12.1 Å². The summed E-state index contributed by atoms with van der Waals surface area (Å²) in [4.78, 5) is 12.1. The molecule has 27 heavy (non-hydrogen) atoms. The molecule has 2 aromatic carbocycles. The molecule has 5 heteroatoms. The number of benzene rings is 2. The average molecular weight is 364 g/mol. The lowest BCUT2D eigenvalue weighted by molar-refractivity contribution is -0.116. The highest BCUT2D eigenvalue weighted by Gasteiger charge is 2.04. The summed E-state index contributed by atoms with van der Waals surface area (Å²) < 4.78 is 13.0. The van der Waals surface area contributed by atoms with Crippen molar-refractivity contribution in [3.8, 4) is 11.5 Å². The number of rotatable bonds is 8. The first-order valence-corrected chi connectivity index (χ1v) is 9.02. The lowest BCUT2D eigenvalue weighted by Gasteiger charge is -2.09. The summed E-state index contributed by atoms with van der Waals surface area (Å²) in [5.41, 5.74) is 2.05. The minimum atomic E-state index is -0.126. The van der Waals surface area contributed by atoms with E-state index < -0.39 is 0 Å². The van der Waals surface area contributed by atoms with Crippen molar-refractivity contribution in [1.29, 1.82) is 0 Å². The quantitative estimate of drug-likeness (QED) is 0.617. The number of hydrogen-bond acceptors (Lipinski definition) is 3. The number of nitrogens with zero attached hydrogens (tertiary/aromatic N) is 1. The van der Waals surface area contributed by atoms with Gasteiger partial charge in [-0.1, -0.05) is 24.3 Å². The molecule has 3 rings (SSSR count). The van der Waals surface area contributed by atoms with Gasteiger partial charge in [0.1, 0.15) is 0 Å². The summed E-state index contributed by atoms with van der Waals surface area (Å²) >= 11 is 0. The molecule has 0 fully saturated rings. The van der Waals surface area contributed by atoms with Crippen LogP contribution < -0.4 is 14.8 Å². The first-order chi connectivity index (χ1) is 13.2. The van der Waals surface area contributed by atoms with Crippen molar-refractivity contribution >= 4 is 22.9 Å². The third-order valence-electron chi connectivity index (χ3n) is 4.25. The van der Waals surface area contributed by atoms with Gasteiger partial charge in [-0.05, 0) is 48.2 Å². The predicted octanol–water partition coefficient (Wildman–Crippen LogP) is 3.88. The Hall–Kier alpha value is -3.21. The maximum Gasteiger partial charge on any atom is 0.244 e. The number of ether oxygens (including phenoxy) is 2. The number of carbonyl (C=O) groups excluding carboxylic acids is 1. The van der Waals surface area contributed by atoms with Crippen molar-refractivity contribution in [3.63, 3.8) is 0 Å². The molecule has 0 aliphatic rings. The third kappa shape index (κ3) is 4.70. The fourth-order valence-electron chi connectivity index (χ4n) is 2.93. The van der Waals surface area contributed by atoms with Crippen LogP contribution in [0.4, 0.5) is 0 Å². The zero-order chi connectivity index (χ0) is 19.1. The molecule has 0 spiro atoms. The minimum absolute atomic E-state index is 0.126. The first-order valence-electron chi connectivity index (χ1n) is 9.02. The number of hydrogen-bond donors (Lipinski definition) is 1. The highest BCUT2D eigenvalue weighted by molar-refractivity contribution is 5.91. The molecule has 1 N–H and O–H groups in total. The molecule has 5 nitrogen and oxygen atoms in total. The van der Waals surface area contributed by atoms with Crippen LogP contribution in [0.25, 0.3) is 17.0 Å². The normalized spacial score (nSPS) is 11.0. The van der Waals surface area contributed by atoms with Crippen molar-refractivity contribution < 1.29 is 14.3 Å². The Morgan fingerprint density at radius 2 is 2.00 bits per heavy atom. The Balaban J connectivity index is 1.54. The molecule has 140 valence electrons. The highest BCUT2D eigenvalue weighted by atomic mass is 16.5. The third-order valence-corrected chi connectivity index (χ3v) is 4.25. The number of aromatic nitrogens is 1. The van der Waals surface area contributed by atoms with E-state index >= 15 is 0 Å². The van der Waals surface area contributed by atoms with E-state index in [1.165, 1.54) is 17.0 Å². The van der Waals surface area contributed by atoms with Crippen molar-refractivity contribution in [2.45, 2.75) is 13.5 Å². The van der Waals surface area contributed by atoms with E-state index in [0.29, 0.717) is 24.7 Å². The molecule has 1 heterocycles. The van der Waals surface area contributed by atoms with Crippen LogP contribution >= 0.6 is 0 Å². The molecule has 0 saturated heterocycles. The number of methoxy groups -OCH3 is 1. The Labute approximate surface area is 159 Å². The van der Waals surface area contributed by atoms with Crippen LogP contribution in [0.15, 0.2) is 60.8 Å². The lowest BCUT2D eigenvalue weighted by atomic mass is 10.2. The summed E-state index contributed by atoms with van der Waals surface area (Å²) in [5, 5.41) is 4.12. The Morgan fingerprint density at radius 3 is 2.81 bits per heavy atom. The van der Waals surface area contributed by atoms with Gasteiger partial charge in [-0.15, -0.1) is 0 Å². The van der Waals surface area contributed by atoms with Crippen molar-refractivity contribution in [1.82, 2.24) is 9.88 Å². The van der Waals surface area contributed by atoms with Gasteiger partial charge in [-0.3, -0.25) is 4.79 Å². The van der Waals surface area contributed by atoms with Gasteiger partial charge in [-0.25, -0.2) is 0 Å². The van der Waals surface area contributed by atoms with Gasteiger partial charge in [0.2, 0.25) is 5.91 Å². The topological polar surface area (TPSA) is 52.5 Å². The molecule has 3 aromatic rings. The molecular formula is C22H24N2O3. The number of para-hydroxylation sites is 1. The van der Waals surface area contributed by atoms with Crippen molar-refractivity contribution in [3.05, 3.63) is 66.4 Å². The van der Waals surface area contributed by atoms with Crippen molar-refractivity contribution in [2.24, 2.45) is 0 Å². The number of carbonyl (C=O) groups is 1. The maximum absolute atomic E-state index is 12.1. The fraction of sp³-hybridized carbons (Fsp3) is 0.227. The SMILES string of the molecule is CCOc1ccc(/C=C/C(=O)NCCn2ccc3ccccc32)cc1OC. The van der Waals surface area contributed by atoms with Crippen LogP contribution in [-0.4, -0.2) is 30.7 Å². The second kappa shape index (κ2) is 8.94. The molecule has 0 aliphatic heterocycles. The summed E-state index contributed by atoms with van der Waals surface area (Å²) in [6.45, 7) is 3.79. The first kappa shape index (κ1) is 18.6. The smallest absolute Gasteiger partial charge is 0.244 e. The van der Waals surface area contributed by atoms with Crippen LogP contribution in [0.3, 0.4) is 0 Å². The van der Waals surface area contributed by atoms with E-state index in [2.05, 4.69) is 28.1 Å². The molecule has 1 amide bonds. The average Bonchev–Trinajstić information content (AvgIpc) is 3.10. The largest absolute Gasteiger partial charge is 0.493 e. The summed E-state index contributed by atoms with van der Waals surface area (Å²) in [7, 11) is 1.60. The molecule has 1 aromatic heterocycles. The molecule has 0 unspecified atom stereocenters. The van der Waals surface area contributed by atoms with Crippen LogP contribution in [0.5, 0.6) is 11.5 Å². The van der Waals surface area contributed by atoms with Gasteiger partial charge in [0, 0.05) is 30.9 Å². The zero-order valence-corrected chi connectivity index (χ0v) is 15.6. The second-order valence-corrected chi connectivity index (χ2v) is 6.04. The van der Waals surface area contributed by atoms with Gasteiger partial charge in [0.05, 0.1) is 13.7 Å². The van der Waals surface area contributed by atoms with Gasteiger partial charge in [0.25, 0.3) is 0 Å². The van der Waals surface area contributed by atoms with E-state index in [-0.39, 0.29) is 5.91 Å². The van der Waals surface area contributed by atoms with Crippen LogP contribution in [0, 0.1) is 0 Å². The number of fused-ring (bicyclic) bond motifs is 1. The standard InChI is InChI=1S/C22H24N2O3/c1-3-27-20-10-8-17(16-21(20)26-2)9-11-22(25)23-13-15-24-14-12-18-6-4-5-7-19(18)24/h4-12,14,16H,3,13,15H2,1-2H3,(H,23,25)/b11-9+. The summed E-state index contributed by atoms with van der Waals surface area (Å²) in [5.74, 6) is 1.22. The van der Waals surface area contributed by atoms with E-state index in [4.69, 9.17) is 9.47 Å². The molecule has 0 bridgehead atoms. The maximum atomic E-state index is 12.1. The summed E-state index contributed by atoms with van der Waals surface area (Å²) in [6.07, 6.45) is 5.33. The Bertz CT molecular complexity index is 944. The van der Waals surface area contributed by atoms with E-state index in [1.807, 2.05) is 43.5 Å². The van der Waals surface area contributed by atoms with E-state index in [9.17, 15) is 4.79 Å². The molecule has 0 saturated carbocycles. The van der Waals surface area contributed by atoms with Crippen LogP contribution in [0.2, 0.25) is 0 Å². The molecular weight excluding hydrogens is 340 g/mol. The molecule has 0 radical (unpaired) electrons. The van der Waals surface area contributed by atoms with E-state index in [1.54, 1.807) is 13.2 Å². The Kier molecular flexibility index (Phi) is 6.15. The van der Waals surface area contributed by atoms with Crippen LogP contribution in [-0.2, 0) is 11.3 Å². The van der Waals surface area contributed by atoms with Gasteiger partial charge < -0.3 is 19.4 Å². The van der Waals surface area contributed by atoms with Crippen LogP contribution in [0.1, 0.15) is 12.5 Å². The fourth-order valence-corrected chi connectivity index (χ4v) is 2.93. The molecule has 0 atom stereocenters. The molecule has 0 aliphatic carbocycles. The summed E-state index contributed by atoms with van der Waals surface area (Å²) in [6, 6.07) is 15.9. The Morgan fingerprint density at radius 1 is 1.15 bits per heavy atom. The predicted molar refractivity (Wildman–Crippen MR) is 108 cm³/mol. The number of amides is 1. The number of nitrogens with one attached hydrogen (secondary N) is 1. The van der Waals surface area contributed by atoms with Crippen molar-refractivity contribution in [2.75, 3.05) is 20.3 Å².